The predicted octanol–water partition coefficient (Wildman–Crippen LogP) is 16.2. The first-order chi connectivity index (χ1) is 38.7. The summed E-state index contributed by atoms with van der Waals surface area (Å²) >= 11 is 0. The number of unbranched alkanes of at least 4 members (excludes halogenated alkanes) is 36. The normalized spacial score (nSPS) is 19.2. The van der Waals surface area contributed by atoms with Crippen LogP contribution in [0.5, 0.6) is 0 Å². The number of nitrogens with one attached hydrogen (secondary N) is 1. The Balaban J connectivity index is 2.56. The number of aliphatic hydroxyl groups is 5. The Morgan fingerprint density at radius 3 is 1.39 bits per heavy atom. The van der Waals surface area contributed by atoms with E-state index in [1.807, 2.05) is 12.2 Å². The number of carbonyl (C=O) groups is 2. The molecule has 6 N–H and O–H groups in total. The zero-order valence-corrected chi connectivity index (χ0v) is 51.0. The molecule has 0 bridgehead atoms. The van der Waals surface area contributed by atoms with Gasteiger partial charge >= 0.3 is 5.97 Å². The minimum absolute atomic E-state index is 0.123. The Labute approximate surface area is 484 Å². The summed E-state index contributed by atoms with van der Waals surface area (Å²) in [5, 5.41) is 57.0. The lowest BCUT2D eigenvalue weighted by Crippen LogP contribution is -2.61. The SMILES string of the molecule is CC/C=C/C=C/C=C/CCCCCCCCC(O)C(=O)NC(COC1OC(CO)C(O)C(O)C1OC(=O)CCCCCCCCCCCCCCCCC/C=C/CCCCCCCC)C(O)/C=C/CCCCCCCCCCC. The summed E-state index contributed by atoms with van der Waals surface area (Å²) in [5.74, 6) is -1.20. The summed E-state index contributed by atoms with van der Waals surface area (Å²) in [6.07, 6.45) is 59.9. The average Bonchev–Trinajstić information content (AvgIpc) is 3.45. The monoisotopic (exact) mass is 1110 g/mol. The minimum atomic E-state index is -1.62. The van der Waals surface area contributed by atoms with Crippen LogP contribution < -0.4 is 5.32 Å². The highest BCUT2D eigenvalue weighted by molar-refractivity contribution is 5.80. The second-order valence-electron chi connectivity index (χ2n) is 22.9. The van der Waals surface area contributed by atoms with Crippen LogP contribution in [0, 0.1) is 0 Å². The quantitative estimate of drug-likeness (QED) is 0.0149. The smallest absolute Gasteiger partial charge is 0.306 e. The summed E-state index contributed by atoms with van der Waals surface area (Å²) in [4.78, 5) is 26.6. The largest absolute Gasteiger partial charge is 0.454 e. The Kier molecular flexibility index (Phi) is 52.6. The van der Waals surface area contributed by atoms with Gasteiger partial charge in [-0.05, 0) is 70.6 Å². The molecule has 8 unspecified atom stereocenters. The van der Waals surface area contributed by atoms with Gasteiger partial charge in [-0.2, -0.15) is 0 Å². The van der Waals surface area contributed by atoms with Crippen LogP contribution in [0.1, 0.15) is 297 Å². The molecular weight excluding hydrogens is 991 g/mol. The van der Waals surface area contributed by atoms with Crippen LogP contribution in [0.4, 0.5) is 0 Å². The van der Waals surface area contributed by atoms with E-state index < -0.39 is 67.4 Å². The average molecular weight is 1110 g/mol. The number of hydrogen-bond donors (Lipinski definition) is 6. The predicted molar refractivity (Wildman–Crippen MR) is 329 cm³/mol. The molecule has 0 spiro atoms. The molecule has 0 saturated carbocycles. The van der Waals surface area contributed by atoms with Crippen LogP contribution in [0.25, 0.3) is 0 Å². The van der Waals surface area contributed by atoms with Crippen molar-refractivity contribution in [2.24, 2.45) is 0 Å². The van der Waals surface area contributed by atoms with Gasteiger partial charge in [0.2, 0.25) is 5.91 Å². The Bertz CT molecular complexity index is 1510. The van der Waals surface area contributed by atoms with Crippen molar-refractivity contribution in [3.05, 3.63) is 60.8 Å². The Hall–Kier alpha value is -2.64. The van der Waals surface area contributed by atoms with Gasteiger partial charge in [-0.15, -0.1) is 0 Å². The first-order valence-electron chi connectivity index (χ1n) is 33.1. The standard InChI is InChI=1S/C68H123NO10/c1-4-7-10-13-16-19-22-24-26-27-28-29-30-31-32-33-34-35-36-38-41-44-47-50-53-56-63(73)79-66-65(75)64(74)62(57-70)78-68(66)77-58-59(60(71)54-51-48-45-42-39-21-18-15-12-9-6-3)69-67(76)61(72)55-52-49-46-43-40-37-25-23-20-17-14-11-8-5-2/h8,11,14,17,20,23-24,26,51,54,59-62,64-66,68,70-72,74-75H,4-7,9-10,12-13,15-16,18-19,21-22,25,27-50,52-53,55-58H2,1-3H3,(H,69,76)/b11-8+,17-14+,23-20+,26-24+,54-51+. The van der Waals surface area contributed by atoms with E-state index in [-0.39, 0.29) is 19.4 Å². The molecule has 1 heterocycles. The highest BCUT2D eigenvalue weighted by atomic mass is 16.7. The number of rotatable bonds is 56. The maximum atomic E-state index is 13.4. The number of allylic oxidation sites excluding steroid dienone is 9. The van der Waals surface area contributed by atoms with E-state index in [0.29, 0.717) is 12.8 Å². The topological polar surface area (TPSA) is 175 Å². The second kappa shape index (κ2) is 55.9. The van der Waals surface area contributed by atoms with E-state index in [4.69, 9.17) is 14.2 Å². The molecule has 1 rings (SSSR count). The maximum absolute atomic E-state index is 13.4. The molecule has 8 atom stereocenters. The van der Waals surface area contributed by atoms with Crippen molar-refractivity contribution in [2.45, 2.75) is 346 Å². The molecule has 1 aliphatic heterocycles. The Morgan fingerprint density at radius 2 is 0.924 bits per heavy atom. The molecule has 0 aliphatic carbocycles. The van der Waals surface area contributed by atoms with E-state index in [2.05, 4.69) is 68.6 Å². The fourth-order valence-corrected chi connectivity index (χ4v) is 10.2. The number of amides is 1. The van der Waals surface area contributed by atoms with Crippen LogP contribution in [-0.2, 0) is 23.8 Å². The first kappa shape index (κ1) is 74.4. The van der Waals surface area contributed by atoms with Crippen LogP contribution in [0.2, 0.25) is 0 Å². The summed E-state index contributed by atoms with van der Waals surface area (Å²) in [5.41, 5.74) is 0. The third-order valence-corrected chi connectivity index (χ3v) is 15.5. The molecule has 460 valence electrons. The number of esters is 1. The van der Waals surface area contributed by atoms with Gasteiger partial charge in [0.05, 0.1) is 25.4 Å². The molecule has 11 nitrogen and oxygen atoms in total. The summed E-state index contributed by atoms with van der Waals surface area (Å²) in [7, 11) is 0. The van der Waals surface area contributed by atoms with E-state index in [1.165, 1.54) is 167 Å². The maximum Gasteiger partial charge on any atom is 0.306 e. The van der Waals surface area contributed by atoms with Crippen molar-refractivity contribution in [2.75, 3.05) is 13.2 Å². The number of ether oxygens (including phenoxy) is 3. The molecule has 0 aromatic rings. The summed E-state index contributed by atoms with van der Waals surface area (Å²) in [6, 6.07) is -1.03. The highest BCUT2D eigenvalue weighted by Crippen LogP contribution is 2.26. The fraction of sp³-hybridized carbons (Fsp3) is 0.824. The molecule has 1 fully saturated rings. The van der Waals surface area contributed by atoms with Crippen LogP contribution in [0.3, 0.4) is 0 Å². The molecule has 79 heavy (non-hydrogen) atoms. The second-order valence-corrected chi connectivity index (χ2v) is 22.9. The fourth-order valence-electron chi connectivity index (χ4n) is 10.2. The number of carbonyl (C=O) groups excluding carboxylic acids is 2. The van der Waals surface area contributed by atoms with Gasteiger partial charge in [0.25, 0.3) is 0 Å². The molecular formula is C68H123NO10. The van der Waals surface area contributed by atoms with E-state index >= 15 is 0 Å². The Morgan fingerprint density at radius 1 is 0.506 bits per heavy atom. The van der Waals surface area contributed by atoms with Gasteiger partial charge in [0.15, 0.2) is 12.4 Å². The van der Waals surface area contributed by atoms with Crippen LogP contribution >= 0.6 is 0 Å². The van der Waals surface area contributed by atoms with Gasteiger partial charge in [-0.25, -0.2) is 0 Å². The lowest BCUT2D eigenvalue weighted by Gasteiger charge is -2.41. The molecule has 0 radical (unpaired) electrons. The van der Waals surface area contributed by atoms with Crippen molar-refractivity contribution in [1.29, 1.82) is 0 Å². The van der Waals surface area contributed by atoms with Crippen molar-refractivity contribution < 1.29 is 49.3 Å². The first-order valence-corrected chi connectivity index (χ1v) is 33.1. The lowest BCUT2D eigenvalue weighted by molar-refractivity contribution is -0.305. The van der Waals surface area contributed by atoms with Gasteiger partial charge in [0, 0.05) is 6.42 Å². The molecule has 1 amide bonds. The third kappa shape index (κ3) is 43.7. The van der Waals surface area contributed by atoms with Crippen LogP contribution in [-0.4, -0.2) is 99.6 Å². The van der Waals surface area contributed by atoms with Gasteiger partial charge in [-0.1, -0.05) is 281 Å². The molecule has 1 aliphatic rings. The summed E-state index contributed by atoms with van der Waals surface area (Å²) < 4.78 is 17.6. The van der Waals surface area contributed by atoms with Crippen molar-refractivity contribution >= 4 is 11.9 Å². The van der Waals surface area contributed by atoms with Gasteiger partial charge in [0.1, 0.15) is 24.4 Å². The molecule has 1 saturated heterocycles. The lowest BCUT2D eigenvalue weighted by atomic mass is 9.99. The number of aliphatic hydroxyl groups excluding tert-OH is 5. The zero-order valence-electron chi connectivity index (χ0n) is 51.0. The number of hydrogen-bond acceptors (Lipinski definition) is 10. The van der Waals surface area contributed by atoms with Gasteiger partial charge in [-0.3, -0.25) is 9.59 Å². The highest BCUT2D eigenvalue weighted by Gasteiger charge is 2.47. The molecule has 0 aromatic carbocycles. The molecule has 0 aromatic heterocycles. The van der Waals surface area contributed by atoms with E-state index in [1.54, 1.807) is 6.08 Å². The van der Waals surface area contributed by atoms with Crippen molar-refractivity contribution in [3.8, 4) is 0 Å². The van der Waals surface area contributed by atoms with Gasteiger partial charge < -0.3 is 45.1 Å². The van der Waals surface area contributed by atoms with E-state index in [0.717, 1.165) is 83.5 Å². The minimum Gasteiger partial charge on any atom is -0.454 e. The van der Waals surface area contributed by atoms with Crippen molar-refractivity contribution in [1.82, 2.24) is 5.32 Å². The van der Waals surface area contributed by atoms with Crippen molar-refractivity contribution in [3.63, 3.8) is 0 Å². The molecule has 11 heteroatoms. The third-order valence-electron chi connectivity index (χ3n) is 15.5. The van der Waals surface area contributed by atoms with Crippen LogP contribution in [0.15, 0.2) is 60.8 Å². The zero-order chi connectivity index (χ0) is 57.5. The summed E-state index contributed by atoms with van der Waals surface area (Å²) in [6.45, 7) is 5.66. The van der Waals surface area contributed by atoms with E-state index in [9.17, 15) is 35.1 Å².